The van der Waals surface area contributed by atoms with Gasteiger partial charge < -0.3 is 10.6 Å². The number of amides is 1. The number of anilines is 1. The highest BCUT2D eigenvalue weighted by Gasteiger charge is 2.10. The highest BCUT2D eigenvalue weighted by molar-refractivity contribution is 6.35. The average Bonchev–Trinajstić information content (AvgIpc) is 2.33. The first-order valence-corrected chi connectivity index (χ1v) is 6.32. The molecule has 0 unspecified atom stereocenters. The van der Waals surface area contributed by atoms with E-state index in [-0.39, 0.29) is 11.6 Å². The van der Waals surface area contributed by atoms with E-state index in [2.05, 4.69) is 10.6 Å². The van der Waals surface area contributed by atoms with Gasteiger partial charge in [-0.15, -0.1) is 0 Å². The largest absolute Gasteiger partial charge is 0.359 e. The van der Waals surface area contributed by atoms with Gasteiger partial charge in [0.1, 0.15) is 11.6 Å². The van der Waals surface area contributed by atoms with E-state index in [1.165, 1.54) is 6.20 Å². The lowest BCUT2D eigenvalue weighted by Gasteiger charge is -2.08. The van der Waals surface area contributed by atoms with Crippen molar-refractivity contribution < 1.29 is 4.79 Å². The maximum Gasteiger partial charge on any atom is 0.263 e. The Bertz CT molecular complexity index is 547. The molecule has 0 saturated carbocycles. The Labute approximate surface area is 122 Å². The van der Waals surface area contributed by atoms with Crippen molar-refractivity contribution in [2.45, 2.75) is 19.9 Å². The van der Waals surface area contributed by atoms with Gasteiger partial charge in [-0.25, -0.2) is 0 Å². The van der Waals surface area contributed by atoms with Crippen molar-refractivity contribution in [3.63, 3.8) is 0 Å². The Hall–Kier alpha value is -1.70. The SMILES string of the molecule is CC(C)NC(=O)/C(C#N)=C\Nc1cc(Cl)ccc1Cl. The molecule has 100 valence electrons. The van der Waals surface area contributed by atoms with Crippen LogP contribution in [0, 0.1) is 11.3 Å². The van der Waals surface area contributed by atoms with Crippen LogP contribution in [0.3, 0.4) is 0 Å². The number of benzene rings is 1. The van der Waals surface area contributed by atoms with Gasteiger partial charge in [0, 0.05) is 17.3 Å². The molecule has 1 aromatic carbocycles. The molecule has 4 nitrogen and oxygen atoms in total. The van der Waals surface area contributed by atoms with E-state index in [0.717, 1.165) is 0 Å². The van der Waals surface area contributed by atoms with Crippen LogP contribution in [-0.4, -0.2) is 11.9 Å². The number of hydrogen-bond acceptors (Lipinski definition) is 3. The summed E-state index contributed by atoms with van der Waals surface area (Å²) in [5, 5.41) is 15.3. The molecule has 1 amide bonds. The molecule has 1 rings (SSSR count). The van der Waals surface area contributed by atoms with Gasteiger partial charge >= 0.3 is 0 Å². The lowest BCUT2D eigenvalue weighted by atomic mass is 10.2. The van der Waals surface area contributed by atoms with E-state index in [0.29, 0.717) is 15.7 Å². The van der Waals surface area contributed by atoms with Crippen molar-refractivity contribution in [1.82, 2.24) is 5.32 Å². The smallest absolute Gasteiger partial charge is 0.263 e. The summed E-state index contributed by atoms with van der Waals surface area (Å²) in [7, 11) is 0. The standard InChI is InChI=1S/C13H13Cl2N3O/c1-8(2)18-13(19)9(6-16)7-17-12-5-10(14)3-4-11(12)15/h3-5,7-8,17H,1-2H3,(H,18,19)/b9-7-. The van der Waals surface area contributed by atoms with Gasteiger partial charge in [0.05, 0.1) is 10.7 Å². The highest BCUT2D eigenvalue weighted by atomic mass is 35.5. The molecule has 1 aromatic rings. The van der Waals surface area contributed by atoms with Gasteiger partial charge in [-0.1, -0.05) is 23.2 Å². The van der Waals surface area contributed by atoms with Gasteiger partial charge in [-0.2, -0.15) is 5.26 Å². The first kappa shape index (κ1) is 15.4. The van der Waals surface area contributed by atoms with Crippen molar-refractivity contribution in [3.8, 4) is 6.07 Å². The zero-order valence-corrected chi connectivity index (χ0v) is 12.0. The van der Waals surface area contributed by atoms with Gasteiger partial charge in [-0.3, -0.25) is 4.79 Å². The van der Waals surface area contributed by atoms with Crippen LogP contribution in [0.2, 0.25) is 10.0 Å². The number of nitrogens with one attached hydrogen (secondary N) is 2. The van der Waals surface area contributed by atoms with E-state index in [1.807, 2.05) is 19.9 Å². The third kappa shape index (κ3) is 4.82. The number of nitriles is 1. The van der Waals surface area contributed by atoms with Crippen LogP contribution in [0.5, 0.6) is 0 Å². The summed E-state index contributed by atoms with van der Waals surface area (Å²) in [6.45, 7) is 3.63. The fourth-order valence-electron chi connectivity index (χ4n) is 1.25. The molecule has 0 heterocycles. The van der Waals surface area contributed by atoms with Crippen LogP contribution in [0.25, 0.3) is 0 Å². The minimum Gasteiger partial charge on any atom is -0.359 e. The first-order valence-electron chi connectivity index (χ1n) is 5.56. The molecule has 0 aliphatic rings. The summed E-state index contributed by atoms with van der Waals surface area (Å²) in [6.07, 6.45) is 1.30. The Kier molecular flexibility index (Phi) is 5.68. The van der Waals surface area contributed by atoms with Crippen molar-refractivity contribution in [2.75, 3.05) is 5.32 Å². The zero-order valence-electron chi connectivity index (χ0n) is 10.5. The number of carbonyl (C=O) groups excluding carboxylic acids is 1. The van der Waals surface area contributed by atoms with Crippen LogP contribution in [0.15, 0.2) is 30.0 Å². The van der Waals surface area contributed by atoms with E-state index < -0.39 is 5.91 Å². The van der Waals surface area contributed by atoms with E-state index >= 15 is 0 Å². The van der Waals surface area contributed by atoms with Crippen molar-refractivity contribution >= 4 is 34.8 Å². The van der Waals surface area contributed by atoms with Gasteiger partial charge in [-0.05, 0) is 32.0 Å². The molecule has 6 heteroatoms. The predicted molar refractivity (Wildman–Crippen MR) is 77.1 cm³/mol. The molecule has 0 aliphatic carbocycles. The summed E-state index contributed by atoms with van der Waals surface area (Å²) in [5.41, 5.74) is 0.490. The molecule has 0 bridgehead atoms. The van der Waals surface area contributed by atoms with E-state index in [1.54, 1.807) is 18.2 Å². The summed E-state index contributed by atoms with van der Waals surface area (Å²) in [4.78, 5) is 11.7. The lowest BCUT2D eigenvalue weighted by Crippen LogP contribution is -2.31. The van der Waals surface area contributed by atoms with Crippen LogP contribution in [0.1, 0.15) is 13.8 Å². The molecule has 0 atom stereocenters. The third-order valence-corrected chi connectivity index (χ3v) is 2.65. The first-order chi connectivity index (χ1) is 8.93. The number of hydrogen-bond donors (Lipinski definition) is 2. The van der Waals surface area contributed by atoms with Crippen LogP contribution in [-0.2, 0) is 4.79 Å². The fraction of sp³-hybridized carbons (Fsp3) is 0.231. The average molecular weight is 298 g/mol. The predicted octanol–water partition coefficient (Wildman–Crippen LogP) is 3.34. The minimum absolute atomic E-state index is 0.0373. The fourth-order valence-corrected chi connectivity index (χ4v) is 1.59. The molecule has 0 fully saturated rings. The Balaban J connectivity index is 2.86. The molecular weight excluding hydrogens is 285 g/mol. The zero-order chi connectivity index (χ0) is 14.4. The number of rotatable bonds is 4. The molecule has 0 saturated heterocycles. The van der Waals surface area contributed by atoms with Crippen LogP contribution >= 0.6 is 23.2 Å². The summed E-state index contributed by atoms with van der Waals surface area (Å²) in [5.74, 6) is -0.442. The van der Waals surface area contributed by atoms with Gasteiger partial charge in [0.2, 0.25) is 0 Å². The Morgan fingerprint density at radius 3 is 2.68 bits per heavy atom. The quantitative estimate of drug-likeness (QED) is 0.662. The Morgan fingerprint density at radius 1 is 1.42 bits per heavy atom. The van der Waals surface area contributed by atoms with Gasteiger partial charge in [0.15, 0.2) is 0 Å². The number of nitrogens with zero attached hydrogens (tertiary/aromatic N) is 1. The summed E-state index contributed by atoms with van der Waals surface area (Å²) < 4.78 is 0. The minimum atomic E-state index is -0.442. The molecule has 2 N–H and O–H groups in total. The van der Waals surface area contributed by atoms with Crippen LogP contribution < -0.4 is 10.6 Å². The van der Waals surface area contributed by atoms with Crippen molar-refractivity contribution in [2.24, 2.45) is 0 Å². The number of carbonyl (C=O) groups is 1. The second kappa shape index (κ2) is 7.03. The third-order valence-electron chi connectivity index (χ3n) is 2.09. The van der Waals surface area contributed by atoms with E-state index in [4.69, 9.17) is 28.5 Å². The monoisotopic (exact) mass is 297 g/mol. The molecule has 0 aliphatic heterocycles. The van der Waals surface area contributed by atoms with Crippen molar-refractivity contribution in [1.29, 1.82) is 5.26 Å². The second-order valence-electron chi connectivity index (χ2n) is 4.07. The highest BCUT2D eigenvalue weighted by Crippen LogP contribution is 2.25. The maximum absolute atomic E-state index is 11.7. The molecule has 0 aromatic heterocycles. The number of halogens is 2. The maximum atomic E-state index is 11.7. The van der Waals surface area contributed by atoms with Gasteiger partial charge in [0.25, 0.3) is 5.91 Å². The van der Waals surface area contributed by atoms with Crippen molar-refractivity contribution in [3.05, 3.63) is 40.0 Å². The Morgan fingerprint density at radius 2 is 2.11 bits per heavy atom. The van der Waals surface area contributed by atoms with E-state index in [9.17, 15) is 4.79 Å². The lowest BCUT2D eigenvalue weighted by molar-refractivity contribution is -0.117. The second-order valence-corrected chi connectivity index (χ2v) is 4.91. The summed E-state index contributed by atoms with van der Waals surface area (Å²) in [6, 6.07) is 6.66. The topological polar surface area (TPSA) is 64.9 Å². The molecular formula is C13H13Cl2N3O. The summed E-state index contributed by atoms with van der Waals surface area (Å²) >= 11 is 11.8. The molecule has 19 heavy (non-hydrogen) atoms. The molecule has 0 radical (unpaired) electrons. The van der Waals surface area contributed by atoms with Crippen LogP contribution in [0.4, 0.5) is 5.69 Å². The molecule has 0 spiro atoms. The normalized spacial score (nSPS) is 11.1.